The summed E-state index contributed by atoms with van der Waals surface area (Å²) in [5, 5.41) is 0. The molecule has 0 radical (unpaired) electrons. The Kier molecular flexibility index (Phi) is 6.29. The van der Waals surface area contributed by atoms with Crippen molar-refractivity contribution in [1.29, 1.82) is 0 Å². The maximum absolute atomic E-state index is 14.3. The highest BCUT2D eigenvalue weighted by atomic mass is 19.1. The second-order valence-corrected chi connectivity index (χ2v) is 6.55. The van der Waals surface area contributed by atoms with Gasteiger partial charge in [-0.3, -0.25) is 9.69 Å². The predicted molar refractivity (Wildman–Crippen MR) is 104 cm³/mol. The number of halogens is 1. The van der Waals surface area contributed by atoms with E-state index in [4.69, 9.17) is 9.47 Å². The third-order valence-electron chi connectivity index (χ3n) is 4.80. The van der Waals surface area contributed by atoms with E-state index < -0.39 is 0 Å². The van der Waals surface area contributed by atoms with Crippen molar-refractivity contribution in [2.45, 2.75) is 6.92 Å². The van der Waals surface area contributed by atoms with Gasteiger partial charge >= 0.3 is 0 Å². The Labute approximate surface area is 159 Å². The number of Topliss-reactive ketones (excluding diaryl/α,β-unsaturated/α-hetero) is 1. The molecule has 0 aromatic heterocycles. The number of benzene rings is 2. The van der Waals surface area contributed by atoms with Gasteiger partial charge in [-0.05, 0) is 37.3 Å². The zero-order valence-electron chi connectivity index (χ0n) is 15.8. The van der Waals surface area contributed by atoms with E-state index in [9.17, 15) is 9.18 Å². The van der Waals surface area contributed by atoms with Crippen LogP contribution < -0.4 is 14.4 Å². The summed E-state index contributed by atoms with van der Waals surface area (Å²) < 4.78 is 25.4. The monoisotopic (exact) mass is 372 g/mol. The Morgan fingerprint density at radius 2 is 1.78 bits per heavy atom. The molecule has 0 N–H and O–H groups in total. The Balaban J connectivity index is 1.48. The van der Waals surface area contributed by atoms with Crippen LogP contribution in [-0.4, -0.2) is 57.1 Å². The first-order chi connectivity index (χ1) is 13.1. The summed E-state index contributed by atoms with van der Waals surface area (Å²) >= 11 is 0. The fourth-order valence-corrected chi connectivity index (χ4v) is 3.22. The largest absolute Gasteiger partial charge is 0.493 e. The maximum Gasteiger partial charge on any atom is 0.161 e. The molecule has 27 heavy (non-hydrogen) atoms. The lowest BCUT2D eigenvalue weighted by molar-refractivity contribution is 0.101. The zero-order valence-corrected chi connectivity index (χ0v) is 15.8. The molecular formula is C21H25FN2O3. The molecule has 1 aliphatic rings. The van der Waals surface area contributed by atoms with Crippen molar-refractivity contribution < 1.29 is 18.7 Å². The van der Waals surface area contributed by atoms with E-state index in [1.165, 1.54) is 13.0 Å². The number of carbonyl (C=O) groups excluding carboxylic acids is 1. The van der Waals surface area contributed by atoms with Gasteiger partial charge in [0.1, 0.15) is 12.4 Å². The molecule has 144 valence electrons. The molecule has 0 atom stereocenters. The van der Waals surface area contributed by atoms with Crippen LogP contribution in [0.15, 0.2) is 42.5 Å². The minimum atomic E-state index is -0.337. The highest BCUT2D eigenvalue weighted by Crippen LogP contribution is 2.26. The van der Waals surface area contributed by atoms with Crippen LogP contribution in [0.2, 0.25) is 0 Å². The summed E-state index contributed by atoms with van der Waals surface area (Å²) in [6, 6.07) is 12.3. The smallest absolute Gasteiger partial charge is 0.161 e. The van der Waals surface area contributed by atoms with Crippen LogP contribution in [0.25, 0.3) is 0 Å². The average Bonchev–Trinajstić information content (AvgIpc) is 2.69. The Hall–Kier alpha value is -2.60. The van der Waals surface area contributed by atoms with E-state index in [-0.39, 0.29) is 11.6 Å². The molecule has 0 bridgehead atoms. The van der Waals surface area contributed by atoms with Crippen molar-refractivity contribution in [3.8, 4) is 11.5 Å². The number of anilines is 1. The van der Waals surface area contributed by atoms with Crippen molar-refractivity contribution in [3.63, 3.8) is 0 Å². The molecule has 1 heterocycles. The summed E-state index contributed by atoms with van der Waals surface area (Å²) in [5.41, 5.74) is 0.966. The van der Waals surface area contributed by atoms with E-state index in [1.54, 1.807) is 19.2 Å². The van der Waals surface area contributed by atoms with Gasteiger partial charge in [0.05, 0.1) is 12.8 Å². The molecule has 1 saturated heterocycles. The number of nitrogens with zero attached hydrogens (tertiary/aromatic N) is 2. The number of rotatable bonds is 7. The number of hydrogen-bond acceptors (Lipinski definition) is 5. The number of para-hydroxylation sites is 2. The van der Waals surface area contributed by atoms with E-state index in [2.05, 4.69) is 4.90 Å². The van der Waals surface area contributed by atoms with Crippen LogP contribution in [0.1, 0.15) is 17.3 Å². The lowest BCUT2D eigenvalue weighted by Crippen LogP contribution is -2.47. The van der Waals surface area contributed by atoms with Gasteiger partial charge in [0, 0.05) is 38.3 Å². The average molecular weight is 372 g/mol. The van der Waals surface area contributed by atoms with Gasteiger partial charge in [-0.15, -0.1) is 0 Å². The van der Waals surface area contributed by atoms with Crippen molar-refractivity contribution >= 4 is 11.5 Å². The van der Waals surface area contributed by atoms with E-state index in [1.807, 2.05) is 29.2 Å². The van der Waals surface area contributed by atoms with Gasteiger partial charge in [-0.25, -0.2) is 4.39 Å². The van der Waals surface area contributed by atoms with Gasteiger partial charge in [-0.1, -0.05) is 12.1 Å². The maximum atomic E-state index is 14.3. The second kappa shape index (κ2) is 8.86. The number of ketones is 1. The Morgan fingerprint density at radius 1 is 1.07 bits per heavy atom. The minimum Gasteiger partial charge on any atom is -0.493 e. The van der Waals surface area contributed by atoms with Crippen LogP contribution in [0.4, 0.5) is 10.1 Å². The summed E-state index contributed by atoms with van der Waals surface area (Å²) in [5.74, 6) is 1.01. The molecule has 1 fully saturated rings. The van der Waals surface area contributed by atoms with Crippen molar-refractivity contribution in [2.75, 3.05) is 51.3 Å². The normalized spacial score (nSPS) is 14.9. The van der Waals surface area contributed by atoms with Crippen LogP contribution >= 0.6 is 0 Å². The molecule has 0 unspecified atom stereocenters. The second-order valence-electron chi connectivity index (χ2n) is 6.55. The Morgan fingerprint density at radius 3 is 2.41 bits per heavy atom. The number of piperazine rings is 1. The van der Waals surface area contributed by atoms with Gasteiger partial charge in [0.25, 0.3) is 0 Å². The number of methoxy groups -OCH3 is 1. The van der Waals surface area contributed by atoms with Gasteiger partial charge in [0.15, 0.2) is 17.3 Å². The number of ether oxygens (including phenoxy) is 2. The molecule has 0 amide bonds. The van der Waals surface area contributed by atoms with Crippen LogP contribution in [0.5, 0.6) is 11.5 Å². The summed E-state index contributed by atoms with van der Waals surface area (Å²) in [6.45, 7) is 5.97. The molecule has 6 heteroatoms. The SMILES string of the molecule is COc1ccccc1OCCN1CCN(c2ccc(C(C)=O)cc2F)CC1. The molecule has 3 rings (SSSR count). The minimum absolute atomic E-state index is 0.125. The molecule has 5 nitrogen and oxygen atoms in total. The predicted octanol–water partition coefficient (Wildman–Crippen LogP) is 3.24. The molecule has 0 saturated carbocycles. The first-order valence-electron chi connectivity index (χ1n) is 9.12. The third kappa shape index (κ3) is 4.77. The number of carbonyl (C=O) groups is 1. The first-order valence-corrected chi connectivity index (χ1v) is 9.12. The molecule has 1 aliphatic heterocycles. The fraction of sp³-hybridized carbons (Fsp3) is 0.381. The highest BCUT2D eigenvalue weighted by molar-refractivity contribution is 5.94. The van der Waals surface area contributed by atoms with E-state index in [0.717, 1.165) is 44.2 Å². The van der Waals surface area contributed by atoms with Crippen molar-refractivity contribution in [3.05, 3.63) is 53.8 Å². The molecule has 2 aromatic rings. The Bertz CT molecular complexity index is 789. The topological polar surface area (TPSA) is 42.0 Å². The van der Waals surface area contributed by atoms with E-state index in [0.29, 0.717) is 17.9 Å². The van der Waals surface area contributed by atoms with Gasteiger partial charge in [-0.2, -0.15) is 0 Å². The van der Waals surface area contributed by atoms with E-state index >= 15 is 0 Å². The highest BCUT2D eigenvalue weighted by Gasteiger charge is 2.20. The van der Waals surface area contributed by atoms with Crippen LogP contribution in [-0.2, 0) is 0 Å². The quantitative estimate of drug-likeness (QED) is 0.698. The van der Waals surface area contributed by atoms with Crippen molar-refractivity contribution in [2.24, 2.45) is 0 Å². The van der Waals surface area contributed by atoms with Crippen LogP contribution in [0.3, 0.4) is 0 Å². The van der Waals surface area contributed by atoms with Crippen LogP contribution in [0, 0.1) is 5.82 Å². The molecule has 2 aromatic carbocycles. The summed E-state index contributed by atoms with van der Waals surface area (Å²) in [6.07, 6.45) is 0. The third-order valence-corrected chi connectivity index (χ3v) is 4.80. The lowest BCUT2D eigenvalue weighted by Gasteiger charge is -2.36. The fourth-order valence-electron chi connectivity index (χ4n) is 3.22. The van der Waals surface area contributed by atoms with Gasteiger partial charge < -0.3 is 14.4 Å². The lowest BCUT2D eigenvalue weighted by atomic mass is 10.1. The summed E-state index contributed by atoms with van der Waals surface area (Å²) in [7, 11) is 1.63. The standard InChI is InChI=1S/C21H25FN2O3/c1-16(25)17-7-8-19(18(22)15-17)24-11-9-23(10-12-24)13-14-27-21-6-4-3-5-20(21)26-2/h3-8,15H,9-14H2,1-2H3. The number of hydrogen-bond donors (Lipinski definition) is 0. The van der Waals surface area contributed by atoms with Crippen molar-refractivity contribution in [1.82, 2.24) is 4.90 Å². The molecule has 0 aliphatic carbocycles. The molecule has 0 spiro atoms. The molecular weight excluding hydrogens is 347 g/mol. The zero-order chi connectivity index (χ0) is 19.2. The summed E-state index contributed by atoms with van der Waals surface area (Å²) in [4.78, 5) is 15.7. The van der Waals surface area contributed by atoms with Gasteiger partial charge in [0.2, 0.25) is 0 Å². The first kappa shape index (κ1) is 19.2.